The summed E-state index contributed by atoms with van der Waals surface area (Å²) in [6.07, 6.45) is 0. The monoisotopic (exact) mass is 499 g/mol. The van der Waals surface area contributed by atoms with Crippen LogP contribution in [0.25, 0.3) is 0 Å². The highest BCUT2D eigenvalue weighted by Gasteiger charge is 2.19. The minimum Gasteiger partial charge on any atom is -0.367 e. The summed E-state index contributed by atoms with van der Waals surface area (Å²) in [5.74, 6) is 0. The predicted molar refractivity (Wildman–Crippen MR) is 128 cm³/mol. The number of rotatable bonds is 9. The molecule has 0 aliphatic carbocycles. The summed E-state index contributed by atoms with van der Waals surface area (Å²) in [6, 6.07) is 14.5. The van der Waals surface area contributed by atoms with Crippen LogP contribution in [0.3, 0.4) is 0 Å². The normalized spacial score (nSPS) is 11.5. The molecular formula is C22H21N5O7S. The van der Waals surface area contributed by atoms with E-state index in [1.807, 2.05) is 17.9 Å². The van der Waals surface area contributed by atoms with Crippen molar-refractivity contribution in [2.75, 3.05) is 11.4 Å². The Labute approximate surface area is 200 Å². The lowest BCUT2D eigenvalue weighted by Gasteiger charge is -2.24. The Morgan fingerprint density at radius 1 is 0.943 bits per heavy atom. The smallest absolute Gasteiger partial charge is 0.303 e. The van der Waals surface area contributed by atoms with Crippen molar-refractivity contribution in [1.29, 1.82) is 0 Å². The van der Waals surface area contributed by atoms with Gasteiger partial charge < -0.3 is 4.90 Å². The van der Waals surface area contributed by atoms with E-state index in [9.17, 15) is 33.2 Å². The molecule has 0 aliphatic rings. The van der Waals surface area contributed by atoms with Gasteiger partial charge in [-0.25, -0.2) is 0 Å². The zero-order chi connectivity index (χ0) is 25.8. The van der Waals surface area contributed by atoms with Crippen LogP contribution in [0.4, 0.5) is 28.4 Å². The molecular weight excluding hydrogens is 478 g/mol. The molecule has 3 rings (SSSR count). The van der Waals surface area contributed by atoms with Crippen LogP contribution in [0.2, 0.25) is 0 Å². The van der Waals surface area contributed by atoms with Crippen molar-refractivity contribution < 1.29 is 22.8 Å². The Kier molecular flexibility index (Phi) is 7.52. The summed E-state index contributed by atoms with van der Waals surface area (Å²) in [4.78, 5) is 22.5. The second-order valence-electron chi connectivity index (χ2n) is 7.49. The first kappa shape index (κ1) is 25.4. The molecule has 0 radical (unpaired) electrons. The van der Waals surface area contributed by atoms with E-state index in [1.165, 1.54) is 18.2 Å². The summed E-state index contributed by atoms with van der Waals surface area (Å²) in [5.41, 5.74) is 1.63. The summed E-state index contributed by atoms with van der Waals surface area (Å²) >= 11 is 0. The van der Waals surface area contributed by atoms with Crippen molar-refractivity contribution in [2.24, 2.45) is 10.2 Å². The van der Waals surface area contributed by atoms with Gasteiger partial charge in [0.05, 0.1) is 26.5 Å². The second kappa shape index (κ2) is 10.4. The average molecular weight is 500 g/mol. The zero-order valence-electron chi connectivity index (χ0n) is 18.7. The van der Waals surface area contributed by atoms with Gasteiger partial charge in [-0.2, -0.15) is 13.5 Å². The van der Waals surface area contributed by atoms with E-state index in [0.717, 1.165) is 23.4 Å². The molecule has 1 N–H and O–H groups in total. The third-order valence-corrected chi connectivity index (χ3v) is 5.98. The van der Waals surface area contributed by atoms with Crippen LogP contribution in [0, 0.1) is 27.2 Å². The summed E-state index contributed by atoms with van der Waals surface area (Å²) < 4.78 is 32.1. The van der Waals surface area contributed by atoms with Gasteiger partial charge in [0.15, 0.2) is 5.69 Å². The fraction of sp³-hybridized carbons (Fsp3) is 0.182. The van der Waals surface area contributed by atoms with Crippen LogP contribution in [-0.4, -0.2) is 29.4 Å². The van der Waals surface area contributed by atoms with Gasteiger partial charge in [-0.3, -0.25) is 24.8 Å². The molecule has 12 nitrogen and oxygen atoms in total. The number of anilines is 1. The van der Waals surface area contributed by atoms with Gasteiger partial charge in [0.25, 0.3) is 15.8 Å². The Morgan fingerprint density at radius 2 is 1.63 bits per heavy atom. The van der Waals surface area contributed by atoms with Gasteiger partial charge in [-0.05, 0) is 61.4 Å². The largest absolute Gasteiger partial charge is 0.367 e. The molecule has 0 spiro atoms. The van der Waals surface area contributed by atoms with Crippen LogP contribution in [0.5, 0.6) is 0 Å². The van der Waals surface area contributed by atoms with Crippen molar-refractivity contribution in [3.05, 3.63) is 92.0 Å². The molecule has 182 valence electrons. The van der Waals surface area contributed by atoms with Crippen LogP contribution in [0.1, 0.15) is 18.1 Å². The van der Waals surface area contributed by atoms with Crippen LogP contribution in [0.15, 0.2) is 75.8 Å². The first-order valence-corrected chi connectivity index (χ1v) is 11.7. The number of hydrogen-bond donors (Lipinski definition) is 1. The van der Waals surface area contributed by atoms with E-state index < -0.39 is 31.3 Å². The van der Waals surface area contributed by atoms with Crippen LogP contribution >= 0.6 is 0 Å². The fourth-order valence-electron chi connectivity index (χ4n) is 3.32. The fourth-order valence-corrected chi connectivity index (χ4v) is 3.87. The zero-order valence-corrected chi connectivity index (χ0v) is 19.5. The molecule has 0 amide bonds. The Hall–Kier alpha value is -4.23. The van der Waals surface area contributed by atoms with Gasteiger partial charge in [-0.15, -0.1) is 5.11 Å². The molecule has 0 saturated carbocycles. The molecule has 0 saturated heterocycles. The molecule has 0 atom stereocenters. The van der Waals surface area contributed by atoms with Crippen LogP contribution in [-0.2, 0) is 16.7 Å². The third kappa shape index (κ3) is 6.22. The highest BCUT2D eigenvalue weighted by atomic mass is 32.2. The van der Waals surface area contributed by atoms with Gasteiger partial charge in [0.2, 0.25) is 0 Å². The number of nitro groups is 2. The molecule has 0 unspecified atom stereocenters. The van der Waals surface area contributed by atoms with Gasteiger partial charge in [0, 0.05) is 24.8 Å². The minimum atomic E-state index is -4.31. The lowest BCUT2D eigenvalue weighted by atomic mass is 10.1. The number of nitro benzene ring substituents is 2. The summed E-state index contributed by atoms with van der Waals surface area (Å²) in [7, 11) is -4.31. The Morgan fingerprint density at radius 3 is 2.23 bits per heavy atom. The number of aryl methyl sites for hydroxylation is 1. The first-order valence-electron chi connectivity index (χ1n) is 10.3. The number of benzene rings is 3. The third-order valence-electron chi connectivity index (χ3n) is 5.13. The van der Waals surface area contributed by atoms with E-state index >= 15 is 0 Å². The number of nitrogens with zero attached hydrogens (tertiary/aromatic N) is 5. The SMILES string of the molecule is CCN(Cc1cccc(S(=O)(=O)O)c1)c1ccc(N=Nc2ccc([N+](=O)[O-])cc2[N+](=O)[O-])c(C)c1. The van der Waals surface area contributed by atoms with Gasteiger partial charge in [-0.1, -0.05) is 12.1 Å². The van der Waals surface area contributed by atoms with Crippen molar-refractivity contribution in [3.63, 3.8) is 0 Å². The topological polar surface area (TPSA) is 169 Å². The quantitative estimate of drug-likeness (QED) is 0.174. The Bertz CT molecular complexity index is 1420. The highest BCUT2D eigenvalue weighted by Crippen LogP contribution is 2.33. The molecule has 35 heavy (non-hydrogen) atoms. The maximum absolute atomic E-state index is 11.4. The standard InChI is InChI=1S/C22H21N5O7S/c1-3-25(14-16-5-4-6-19(12-16)35(32,33)34)17-7-9-20(15(2)11-17)23-24-21-10-8-18(26(28)29)13-22(21)27(30)31/h4-13H,3,14H2,1-2H3,(H,32,33,34). The molecule has 0 aliphatic heterocycles. The first-order chi connectivity index (χ1) is 16.5. The molecule has 3 aromatic carbocycles. The number of non-ortho nitro benzene ring substituents is 1. The van der Waals surface area contributed by atoms with Crippen molar-refractivity contribution >= 4 is 38.6 Å². The molecule has 3 aromatic rings. The summed E-state index contributed by atoms with van der Waals surface area (Å²) in [5, 5.41) is 30.2. The van der Waals surface area contributed by atoms with Crippen molar-refractivity contribution in [3.8, 4) is 0 Å². The number of hydrogen-bond acceptors (Lipinski definition) is 9. The minimum absolute atomic E-state index is 0.113. The van der Waals surface area contributed by atoms with E-state index in [0.29, 0.717) is 24.3 Å². The maximum Gasteiger partial charge on any atom is 0.303 e. The summed E-state index contributed by atoms with van der Waals surface area (Å²) in [6.45, 7) is 4.71. The molecule has 0 heterocycles. The van der Waals surface area contributed by atoms with Crippen molar-refractivity contribution in [2.45, 2.75) is 25.3 Å². The van der Waals surface area contributed by atoms with Gasteiger partial charge >= 0.3 is 5.69 Å². The number of azo groups is 1. The second-order valence-corrected chi connectivity index (χ2v) is 8.92. The lowest BCUT2D eigenvalue weighted by molar-refractivity contribution is -0.393. The van der Waals surface area contributed by atoms with Crippen molar-refractivity contribution in [1.82, 2.24) is 0 Å². The van der Waals surface area contributed by atoms with Gasteiger partial charge in [0.1, 0.15) is 0 Å². The van der Waals surface area contributed by atoms with E-state index in [1.54, 1.807) is 31.2 Å². The maximum atomic E-state index is 11.4. The Balaban J connectivity index is 1.85. The molecule has 0 aromatic heterocycles. The van der Waals surface area contributed by atoms with E-state index in [4.69, 9.17) is 0 Å². The van der Waals surface area contributed by atoms with E-state index in [-0.39, 0.29) is 10.6 Å². The molecule has 0 fully saturated rings. The lowest BCUT2D eigenvalue weighted by Crippen LogP contribution is -2.22. The predicted octanol–water partition coefficient (Wildman–Crippen LogP) is 5.50. The van der Waals surface area contributed by atoms with E-state index in [2.05, 4.69) is 10.2 Å². The molecule has 0 bridgehead atoms. The van der Waals surface area contributed by atoms with Crippen LogP contribution < -0.4 is 4.90 Å². The highest BCUT2D eigenvalue weighted by molar-refractivity contribution is 7.85. The molecule has 13 heteroatoms. The average Bonchev–Trinajstić information content (AvgIpc) is 2.81.